The second-order valence-electron chi connectivity index (χ2n) is 1.88. The Kier molecular flexibility index (Phi) is 3.59. The maximum atomic E-state index is 10.0. The number of aliphatic carboxylic acids is 1. The zero-order chi connectivity index (χ0) is 8.10. The van der Waals surface area contributed by atoms with Gasteiger partial charge in [0.15, 0.2) is 0 Å². The van der Waals surface area contributed by atoms with Crippen LogP contribution in [0.4, 0.5) is 0 Å². The topological polar surface area (TPSA) is 37.3 Å². The first-order valence-electron chi connectivity index (χ1n) is 3.16. The summed E-state index contributed by atoms with van der Waals surface area (Å²) in [5.74, 6) is 1.38. The third-order valence-electron chi connectivity index (χ3n) is 1.04. The number of carboxylic acid groups (broad SMARTS) is 1. The van der Waals surface area contributed by atoms with Gasteiger partial charge in [0.05, 0.1) is 0 Å². The fourth-order valence-corrected chi connectivity index (χ4v) is 2.88. The highest BCUT2D eigenvalue weighted by atomic mass is 32.2. The zero-order valence-electron chi connectivity index (χ0n) is 5.82. The molecule has 60 valence electrons. The van der Waals surface area contributed by atoms with E-state index in [0.29, 0.717) is 0 Å². The first-order valence-corrected chi connectivity index (χ1v) is 5.13. The van der Waals surface area contributed by atoms with E-state index in [1.807, 2.05) is 6.08 Å². The summed E-state index contributed by atoms with van der Waals surface area (Å²) in [7, 11) is 0. The summed E-state index contributed by atoms with van der Waals surface area (Å²) in [5.41, 5.74) is 0. The Balaban J connectivity index is 2.39. The van der Waals surface area contributed by atoms with E-state index in [1.165, 1.54) is 4.24 Å². The lowest BCUT2D eigenvalue weighted by Gasteiger charge is -1.86. The molecule has 2 nitrogen and oxygen atoms in total. The predicted octanol–water partition coefficient (Wildman–Crippen LogP) is 1.95. The van der Waals surface area contributed by atoms with Crippen LogP contribution >= 0.6 is 23.5 Å². The van der Waals surface area contributed by atoms with Gasteiger partial charge < -0.3 is 5.11 Å². The van der Waals surface area contributed by atoms with Gasteiger partial charge >= 0.3 is 5.97 Å². The Labute approximate surface area is 73.7 Å². The molecule has 1 fully saturated rings. The Morgan fingerprint density at radius 3 is 2.64 bits per heavy atom. The quantitative estimate of drug-likeness (QED) is 0.672. The van der Waals surface area contributed by atoms with Gasteiger partial charge in [0.25, 0.3) is 0 Å². The first-order chi connectivity index (χ1) is 5.29. The number of allylic oxidation sites excluding steroid dienone is 2. The minimum absolute atomic E-state index is 0.894. The molecule has 1 saturated heterocycles. The molecule has 0 aromatic heterocycles. The molecule has 0 unspecified atom stereocenters. The molecule has 0 spiro atoms. The number of thioether (sulfide) groups is 2. The van der Waals surface area contributed by atoms with Gasteiger partial charge in [-0.2, -0.15) is 0 Å². The fourth-order valence-electron chi connectivity index (χ4n) is 0.631. The number of carboxylic acids is 1. The molecule has 1 N–H and O–H groups in total. The van der Waals surface area contributed by atoms with Crippen LogP contribution in [-0.2, 0) is 4.79 Å². The van der Waals surface area contributed by atoms with Gasteiger partial charge in [-0.05, 0) is 6.08 Å². The van der Waals surface area contributed by atoms with Crippen molar-refractivity contribution in [1.82, 2.24) is 0 Å². The van der Waals surface area contributed by atoms with Crippen molar-refractivity contribution in [3.8, 4) is 0 Å². The third-order valence-corrected chi connectivity index (χ3v) is 3.67. The van der Waals surface area contributed by atoms with E-state index in [9.17, 15) is 4.79 Å². The Morgan fingerprint density at radius 1 is 1.45 bits per heavy atom. The molecule has 1 heterocycles. The normalized spacial score (nSPS) is 17.6. The molecule has 1 aliphatic rings. The number of hydrogen-bond acceptors (Lipinski definition) is 3. The van der Waals surface area contributed by atoms with Gasteiger partial charge in [-0.3, -0.25) is 0 Å². The summed E-state index contributed by atoms with van der Waals surface area (Å²) in [6.45, 7) is 0. The van der Waals surface area contributed by atoms with Crippen LogP contribution in [0.25, 0.3) is 0 Å². The number of hydrogen-bond donors (Lipinski definition) is 1. The molecule has 0 aliphatic carbocycles. The zero-order valence-corrected chi connectivity index (χ0v) is 7.45. The predicted molar refractivity (Wildman–Crippen MR) is 49.8 cm³/mol. The van der Waals surface area contributed by atoms with Crippen molar-refractivity contribution in [3.05, 3.63) is 22.5 Å². The van der Waals surface area contributed by atoms with Crippen molar-refractivity contribution < 1.29 is 9.90 Å². The van der Waals surface area contributed by atoms with E-state index in [2.05, 4.69) is 0 Å². The highest BCUT2D eigenvalue weighted by molar-refractivity contribution is 8.25. The van der Waals surface area contributed by atoms with E-state index in [0.717, 1.165) is 17.6 Å². The van der Waals surface area contributed by atoms with Crippen LogP contribution < -0.4 is 0 Å². The molecule has 0 bridgehead atoms. The van der Waals surface area contributed by atoms with Gasteiger partial charge in [-0.1, -0.05) is 6.08 Å². The number of carbonyl (C=O) groups is 1. The average molecular weight is 188 g/mol. The van der Waals surface area contributed by atoms with Gasteiger partial charge in [-0.25, -0.2) is 4.79 Å². The van der Waals surface area contributed by atoms with Gasteiger partial charge in [0.1, 0.15) is 0 Å². The van der Waals surface area contributed by atoms with Gasteiger partial charge in [0.2, 0.25) is 0 Å². The summed E-state index contributed by atoms with van der Waals surface area (Å²) in [6, 6.07) is 0. The van der Waals surface area contributed by atoms with Crippen LogP contribution in [0.5, 0.6) is 0 Å². The molecule has 4 heteroatoms. The van der Waals surface area contributed by atoms with Crippen LogP contribution in [0.3, 0.4) is 0 Å². The SMILES string of the molecule is O=C(O)/C=C/C=C1SCCS1. The van der Waals surface area contributed by atoms with E-state index in [1.54, 1.807) is 29.6 Å². The van der Waals surface area contributed by atoms with Crippen LogP contribution in [0.2, 0.25) is 0 Å². The van der Waals surface area contributed by atoms with Crippen LogP contribution in [0.1, 0.15) is 0 Å². The molecule has 0 radical (unpaired) electrons. The van der Waals surface area contributed by atoms with Crippen molar-refractivity contribution in [3.63, 3.8) is 0 Å². The van der Waals surface area contributed by atoms with Gasteiger partial charge in [0, 0.05) is 21.8 Å². The molecule has 0 atom stereocenters. The van der Waals surface area contributed by atoms with Crippen molar-refractivity contribution in [2.24, 2.45) is 0 Å². The maximum absolute atomic E-state index is 10.0. The molecule has 1 rings (SSSR count). The fraction of sp³-hybridized carbons (Fsp3) is 0.286. The minimum Gasteiger partial charge on any atom is -0.478 e. The Hall–Kier alpha value is -0.350. The Bertz CT molecular complexity index is 200. The summed E-state index contributed by atoms with van der Waals surface area (Å²) < 4.78 is 1.21. The highest BCUT2D eigenvalue weighted by Gasteiger charge is 2.05. The molecule has 0 aromatic carbocycles. The van der Waals surface area contributed by atoms with Crippen molar-refractivity contribution in [1.29, 1.82) is 0 Å². The molecule has 1 aliphatic heterocycles. The van der Waals surface area contributed by atoms with Crippen molar-refractivity contribution >= 4 is 29.5 Å². The summed E-state index contributed by atoms with van der Waals surface area (Å²) in [4.78, 5) is 10.0. The summed E-state index contributed by atoms with van der Waals surface area (Å²) in [6.07, 6.45) is 4.56. The smallest absolute Gasteiger partial charge is 0.328 e. The standard InChI is InChI=1S/C7H8O2S2/c8-6(9)2-1-3-7-10-4-5-11-7/h1-3H,4-5H2,(H,8,9)/b2-1+. The third kappa shape index (κ3) is 3.53. The van der Waals surface area contributed by atoms with Crippen molar-refractivity contribution in [2.45, 2.75) is 0 Å². The summed E-state index contributed by atoms with van der Waals surface area (Å²) in [5, 5.41) is 8.26. The largest absolute Gasteiger partial charge is 0.478 e. The van der Waals surface area contributed by atoms with E-state index in [4.69, 9.17) is 5.11 Å². The van der Waals surface area contributed by atoms with Crippen LogP contribution in [0, 0.1) is 0 Å². The second-order valence-corrected chi connectivity index (χ2v) is 4.41. The number of rotatable bonds is 2. The van der Waals surface area contributed by atoms with Crippen molar-refractivity contribution in [2.75, 3.05) is 11.5 Å². The van der Waals surface area contributed by atoms with E-state index < -0.39 is 5.97 Å². The molecular weight excluding hydrogens is 180 g/mol. The van der Waals surface area contributed by atoms with E-state index >= 15 is 0 Å². The van der Waals surface area contributed by atoms with Crippen LogP contribution in [0.15, 0.2) is 22.5 Å². The molecule has 0 saturated carbocycles. The molecule has 0 amide bonds. The lowest BCUT2D eigenvalue weighted by Crippen LogP contribution is -1.84. The average Bonchev–Trinajstić information content (AvgIpc) is 2.39. The maximum Gasteiger partial charge on any atom is 0.328 e. The van der Waals surface area contributed by atoms with Crippen LogP contribution in [-0.4, -0.2) is 22.6 Å². The molecular formula is C7H8O2S2. The molecule has 0 aromatic rings. The van der Waals surface area contributed by atoms with E-state index in [-0.39, 0.29) is 0 Å². The lowest BCUT2D eigenvalue weighted by molar-refractivity contribution is -0.131. The monoisotopic (exact) mass is 188 g/mol. The minimum atomic E-state index is -0.894. The van der Waals surface area contributed by atoms with Gasteiger partial charge in [-0.15, -0.1) is 23.5 Å². The first kappa shape index (κ1) is 8.74. The highest BCUT2D eigenvalue weighted by Crippen LogP contribution is 2.35. The second kappa shape index (κ2) is 4.51. The molecule has 11 heavy (non-hydrogen) atoms. The lowest BCUT2D eigenvalue weighted by atomic mass is 10.5. The summed E-state index contributed by atoms with van der Waals surface area (Å²) >= 11 is 3.55. The Morgan fingerprint density at radius 2 is 2.09 bits per heavy atom.